The van der Waals surface area contributed by atoms with Gasteiger partial charge in [0.25, 0.3) is 0 Å². The monoisotopic (exact) mass is 307 g/mol. The van der Waals surface area contributed by atoms with Crippen molar-refractivity contribution in [2.45, 2.75) is 39.8 Å². The number of nitrogens with one attached hydrogen (secondary N) is 1. The Bertz CT molecular complexity index is 688. The van der Waals surface area contributed by atoms with E-state index >= 15 is 0 Å². The lowest BCUT2D eigenvalue weighted by molar-refractivity contribution is -0.385. The number of carbonyl (C=O) groups excluding carboxylic acids is 1. The van der Waals surface area contributed by atoms with Gasteiger partial charge in [-0.15, -0.1) is 0 Å². The van der Waals surface area contributed by atoms with E-state index in [0.717, 1.165) is 11.9 Å². The Hall–Kier alpha value is -2.71. The highest BCUT2D eigenvalue weighted by atomic mass is 16.6. The Kier molecular flexibility index (Phi) is 4.54. The maximum Gasteiger partial charge on any atom is 0.307 e. The van der Waals surface area contributed by atoms with Crippen LogP contribution in [-0.2, 0) is 17.9 Å². The molecule has 2 aromatic heterocycles. The third-order valence-corrected chi connectivity index (χ3v) is 2.99. The van der Waals surface area contributed by atoms with E-state index in [-0.39, 0.29) is 30.6 Å². The third-order valence-electron chi connectivity index (χ3n) is 2.99. The second kappa shape index (κ2) is 6.37. The van der Waals surface area contributed by atoms with Crippen LogP contribution in [0.1, 0.15) is 37.1 Å². The lowest BCUT2D eigenvalue weighted by Gasteiger charge is -2.03. The van der Waals surface area contributed by atoms with E-state index in [1.165, 1.54) is 10.9 Å². The molecule has 0 atom stereocenters. The number of nitrogens with zero attached hydrogens (tertiary/aromatic N) is 4. The molecule has 2 aromatic rings. The van der Waals surface area contributed by atoms with Crippen molar-refractivity contribution in [3.8, 4) is 0 Å². The van der Waals surface area contributed by atoms with E-state index in [2.05, 4.69) is 15.4 Å². The van der Waals surface area contributed by atoms with E-state index in [0.29, 0.717) is 11.7 Å². The van der Waals surface area contributed by atoms with Gasteiger partial charge >= 0.3 is 5.69 Å². The summed E-state index contributed by atoms with van der Waals surface area (Å²) < 4.78 is 6.78. The highest BCUT2D eigenvalue weighted by Gasteiger charge is 2.14. The van der Waals surface area contributed by atoms with Gasteiger partial charge in [-0.2, -0.15) is 5.10 Å². The fourth-order valence-electron chi connectivity index (χ4n) is 1.78. The second-order valence-electron chi connectivity index (χ2n) is 5.15. The normalized spacial score (nSPS) is 10.9. The maximum absolute atomic E-state index is 11.8. The summed E-state index contributed by atoms with van der Waals surface area (Å²) in [4.78, 5) is 26.1. The minimum Gasteiger partial charge on any atom is -0.443 e. The van der Waals surface area contributed by atoms with Crippen LogP contribution in [-0.4, -0.2) is 25.6 Å². The lowest BCUT2D eigenvalue weighted by Crippen LogP contribution is -2.27. The molecule has 2 rings (SSSR count). The van der Waals surface area contributed by atoms with Crippen molar-refractivity contribution in [1.82, 2.24) is 20.1 Å². The lowest BCUT2D eigenvalue weighted by atomic mass is 10.2. The van der Waals surface area contributed by atoms with Crippen LogP contribution in [0.25, 0.3) is 0 Å². The molecule has 0 aliphatic heterocycles. The number of nitro groups is 1. The minimum atomic E-state index is -0.563. The molecule has 0 saturated carbocycles. The molecule has 118 valence electrons. The summed E-state index contributed by atoms with van der Waals surface area (Å²) in [7, 11) is 0. The first-order chi connectivity index (χ1) is 10.4. The van der Waals surface area contributed by atoms with Gasteiger partial charge in [-0.05, 0) is 6.92 Å². The van der Waals surface area contributed by atoms with Crippen molar-refractivity contribution in [2.24, 2.45) is 0 Å². The molecule has 1 N–H and O–H groups in total. The van der Waals surface area contributed by atoms with Crippen LogP contribution < -0.4 is 5.32 Å². The number of aryl methyl sites for hydroxylation is 1. The van der Waals surface area contributed by atoms with Crippen LogP contribution in [0.4, 0.5) is 5.69 Å². The fraction of sp³-hybridized carbons (Fsp3) is 0.462. The van der Waals surface area contributed by atoms with Gasteiger partial charge in [0, 0.05) is 5.92 Å². The Morgan fingerprint density at radius 1 is 1.55 bits per heavy atom. The summed E-state index contributed by atoms with van der Waals surface area (Å²) in [5, 5.41) is 17.0. The Labute approximate surface area is 126 Å². The van der Waals surface area contributed by atoms with Gasteiger partial charge in [0.2, 0.25) is 5.91 Å². The average molecular weight is 307 g/mol. The van der Waals surface area contributed by atoms with Crippen molar-refractivity contribution in [2.75, 3.05) is 0 Å². The van der Waals surface area contributed by atoms with Gasteiger partial charge in [0.05, 0.1) is 17.2 Å². The maximum atomic E-state index is 11.8. The number of oxazole rings is 1. The molecule has 0 aliphatic rings. The summed E-state index contributed by atoms with van der Waals surface area (Å²) in [6, 6.07) is 0. The van der Waals surface area contributed by atoms with Crippen LogP contribution in [0, 0.1) is 17.0 Å². The van der Waals surface area contributed by atoms with Gasteiger partial charge < -0.3 is 9.73 Å². The second-order valence-corrected chi connectivity index (χ2v) is 5.15. The molecular formula is C13H17N5O4. The van der Waals surface area contributed by atoms with Crippen LogP contribution in [0.2, 0.25) is 0 Å². The summed E-state index contributed by atoms with van der Waals surface area (Å²) in [6.07, 6.45) is 2.30. The Morgan fingerprint density at radius 3 is 2.82 bits per heavy atom. The molecule has 1 amide bonds. The third kappa shape index (κ3) is 3.68. The van der Waals surface area contributed by atoms with Crippen LogP contribution in [0.5, 0.6) is 0 Å². The predicted octanol–water partition coefficient (Wildman–Crippen LogP) is 1.53. The van der Waals surface area contributed by atoms with Crippen molar-refractivity contribution in [3.63, 3.8) is 0 Å². The van der Waals surface area contributed by atoms with Gasteiger partial charge in [0.1, 0.15) is 24.7 Å². The van der Waals surface area contributed by atoms with Crippen molar-refractivity contribution < 1.29 is 14.1 Å². The largest absolute Gasteiger partial charge is 0.443 e. The first-order valence-electron chi connectivity index (χ1n) is 6.76. The predicted molar refractivity (Wildman–Crippen MR) is 76.1 cm³/mol. The van der Waals surface area contributed by atoms with E-state index in [4.69, 9.17) is 4.42 Å². The molecule has 0 fully saturated rings. The van der Waals surface area contributed by atoms with Crippen molar-refractivity contribution in [1.29, 1.82) is 0 Å². The smallest absolute Gasteiger partial charge is 0.307 e. The number of hydrogen-bond acceptors (Lipinski definition) is 6. The number of carbonyl (C=O) groups is 1. The van der Waals surface area contributed by atoms with Gasteiger partial charge in [-0.1, -0.05) is 13.8 Å². The summed E-state index contributed by atoms with van der Waals surface area (Å²) in [5.41, 5.74) is 0.583. The molecule has 0 aromatic carbocycles. The first-order valence-corrected chi connectivity index (χ1v) is 6.76. The SMILES string of the molecule is Cc1nc(C(C)C)oc1CNC(=O)Cn1cc([N+](=O)[O-])cn1. The van der Waals surface area contributed by atoms with Crippen molar-refractivity contribution >= 4 is 11.6 Å². The zero-order chi connectivity index (χ0) is 16.3. The van der Waals surface area contributed by atoms with Gasteiger partial charge in [0.15, 0.2) is 5.89 Å². The van der Waals surface area contributed by atoms with Crippen LogP contribution >= 0.6 is 0 Å². The molecule has 2 heterocycles. The highest BCUT2D eigenvalue weighted by Crippen LogP contribution is 2.17. The van der Waals surface area contributed by atoms with Gasteiger partial charge in [-0.25, -0.2) is 4.98 Å². The first kappa shape index (κ1) is 15.7. The highest BCUT2D eigenvalue weighted by molar-refractivity contribution is 5.75. The van der Waals surface area contributed by atoms with E-state index in [1.54, 1.807) is 0 Å². The molecule has 0 saturated heterocycles. The molecule has 22 heavy (non-hydrogen) atoms. The standard InChI is InChI=1S/C13H17N5O4/c1-8(2)13-16-9(3)11(22-13)5-14-12(19)7-17-6-10(4-15-17)18(20)21/h4,6,8H,5,7H2,1-3H3,(H,14,19). The minimum absolute atomic E-state index is 0.0991. The number of amides is 1. The number of rotatable bonds is 6. The quantitative estimate of drug-likeness (QED) is 0.639. The zero-order valence-corrected chi connectivity index (χ0v) is 12.6. The molecule has 9 nitrogen and oxygen atoms in total. The molecule has 0 unspecified atom stereocenters. The molecule has 0 spiro atoms. The van der Waals surface area contributed by atoms with Gasteiger partial charge in [-0.3, -0.25) is 19.6 Å². The fourth-order valence-corrected chi connectivity index (χ4v) is 1.78. The Balaban J connectivity index is 1.91. The topological polar surface area (TPSA) is 116 Å². The molecule has 9 heteroatoms. The summed E-state index contributed by atoms with van der Waals surface area (Å²) >= 11 is 0. The van der Waals surface area contributed by atoms with E-state index < -0.39 is 4.92 Å². The van der Waals surface area contributed by atoms with E-state index in [9.17, 15) is 14.9 Å². The molecule has 0 aliphatic carbocycles. The zero-order valence-electron chi connectivity index (χ0n) is 12.6. The number of aromatic nitrogens is 3. The van der Waals surface area contributed by atoms with Crippen LogP contribution in [0.3, 0.4) is 0 Å². The molecule has 0 radical (unpaired) electrons. The summed E-state index contributed by atoms with van der Waals surface area (Å²) in [6.45, 7) is 5.87. The van der Waals surface area contributed by atoms with E-state index in [1.807, 2.05) is 20.8 Å². The Morgan fingerprint density at radius 2 is 2.27 bits per heavy atom. The van der Waals surface area contributed by atoms with Crippen LogP contribution in [0.15, 0.2) is 16.8 Å². The summed E-state index contributed by atoms with van der Waals surface area (Å²) in [5.74, 6) is 1.08. The molecular weight excluding hydrogens is 290 g/mol. The average Bonchev–Trinajstić information content (AvgIpc) is 3.03. The number of hydrogen-bond donors (Lipinski definition) is 1. The van der Waals surface area contributed by atoms with Crippen molar-refractivity contribution in [3.05, 3.63) is 39.9 Å². The molecule has 0 bridgehead atoms.